The van der Waals surface area contributed by atoms with Gasteiger partial charge in [-0.2, -0.15) is 0 Å². The number of nitrogens with zero attached hydrogens (tertiary/aromatic N) is 1. The lowest BCUT2D eigenvalue weighted by molar-refractivity contribution is 0.103. The molecule has 124 valence electrons. The van der Waals surface area contributed by atoms with Crippen LogP contribution in [0.4, 0.5) is 5.69 Å². The Morgan fingerprint density at radius 1 is 1.20 bits per heavy atom. The van der Waals surface area contributed by atoms with E-state index in [9.17, 15) is 4.79 Å². The van der Waals surface area contributed by atoms with Crippen LogP contribution in [0.5, 0.6) is 5.75 Å². The number of carbonyl (C=O) groups is 1. The van der Waals surface area contributed by atoms with Crippen LogP contribution in [0.15, 0.2) is 54.7 Å². The van der Waals surface area contributed by atoms with Crippen molar-refractivity contribution in [3.63, 3.8) is 0 Å². The molecule has 2 heterocycles. The van der Waals surface area contributed by atoms with Crippen LogP contribution >= 0.6 is 22.9 Å². The first-order valence-corrected chi connectivity index (χ1v) is 8.77. The third-order valence-electron chi connectivity index (χ3n) is 3.89. The van der Waals surface area contributed by atoms with Crippen LogP contribution < -0.4 is 10.1 Å². The Morgan fingerprint density at radius 2 is 2.04 bits per heavy atom. The van der Waals surface area contributed by atoms with E-state index in [1.165, 1.54) is 11.3 Å². The summed E-state index contributed by atoms with van der Waals surface area (Å²) in [6.07, 6.45) is 1.63. The SMILES string of the molecule is COc1ccc2cc(NC(=O)c3sc4ccccc4c3Cl)cnc2c1. The maximum Gasteiger partial charge on any atom is 0.267 e. The molecule has 6 heteroatoms. The molecular formula is C19H13ClN2O2S. The monoisotopic (exact) mass is 368 g/mol. The Bertz CT molecular complexity index is 1110. The van der Waals surface area contributed by atoms with Crippen LogP contribution in [0.2, 0.25) is 5.02 Å². The van der Waals surface area contributed by atoms with Gasteiger partial charge >= 0.3 is 0 Å². The second kappa shape index (κ2) is 6.35. The van der Waals surface area contributed by atoms with E-state index in [4.69, 9.17) is 16.3 Å². The largest absolute Gasteiger partial charge is 0.497 e. The first-order valence-electron chi connectivity index (χ1n) is 7.58. The number of methoxy groups -OCH3 is 1. The summed E-state index contributed by atoms with van der Waals surface area (Å²) in [6.45, 7) is 0. The smallest absolute Gasteiger partial charge is 0.267 e. The van der Waals surface area contributed by atoms with E-state index in [1.807, 2.05) is 48.5 Å². The highest BCUT2D eigenvalue weighted by molar-refractivity contribution is 7.21. The fourth-order valence-electron chi connectivity index (χ4n) is 2.64. The van der Waals surface area contributed by atoms with Gasteiger partial charge in [-0.15, -0.1) is 11.3 Å². The van der Waals surface area contributed by atoms with E-state index < -0.39 is 0 Å². The second-order valence-electron chi connectivity index (χ2n) is 5.48. The van der Waals surface area contributed by atoms with E-state index in [0.29, 0.717) is 15.6 Å². The van der Waals surface area contributed by atoms with Crippen LogP contribution in [0.25, 0.3) is 21.0 Å². The molecule has 2 aromatic carbocycles. The highest BCUT2D eigenvalue weighted by Crippen LogP contribution is 2.35. The molecule has 1 N–H and O–H groups in total. The summed E-state index contributed by atoms with van der Waals surface area (Å²) >= 11 is 7.75. The standard InChI is InChI=1S/C19H13ClN2O2S/c1-24-13-7-6-11-8-12(10-21-15(11)9-13)22-19(23)18-17(20)14-4-2-3-5-16(14)25-18/h2-10H,1H3,(H,22,23). The molecule has 1 amide bonds. The average Bonchev–Trinajstić information content (AvgIpc) is 2.98. The highest BCUT2D eigenvalue weighted by Gasteiger charge is 2.17. The number of ether oxygens (including phenoxy) is 1. The van der Waals surface area contributed by atoms with Crippen LogP contribution in [0.3, 0.4) is 0 Å². The lowest BCUT2D eigenvalue weighted by Crippen LogP contribution is -2.10. The number of pyridine rings is 1. The van der Waals surface area contributed by atoms with Gasteiger partial charge in [-0.05, 0) is 24.3 Å². The highest BCUT2D eigenvalue weighted by atomic mass is 35.5. The van der Waals surface area contributed by atoms with Crippen LogP contribution in [0.1, 0.15) is 9.67 Å². The molecule has 4 rings (SSSR count). The number of hydrogen-bond donors (Lipinski definition) is 1. The van der Waals surface area contributed by atoms with Crippen molar-refractivity contribution in [1.29, 1.82) is 0 Å². The molecule has 2 aromatic heterocycles. The van der Waals surface area contributed by atoms with Gasteiger partial charge in [0, 0.05) is 21.5 Å². The van der Waals surface area contributed by atoms with E-state index in [2.05, 4.69) is 10.3 Å². The molecule has 0 aliphatic heterocycles. The molecular weight excluding hydrogens is 356 g/mol. The lowest BCUT2D eigenvalue weighted by atomic mass is 10.2. The Morgan fingerprint density at radius 3 is 2.84 bits per heavy atom. The van der Waals surface area contributed by atoms with Gasteiger partial charge in [0.25, 0.3) is 5.91 Å². The van der Waals surface area contributed by atoms with Crippen molar-refractivity contribution in [2.45, 2.75) is 0 Å². The zero-order valence-electron chi connectivity index (χ0n) is 13.2. The normalized spacial score (nSPS) is 11.0. The number of benzene rings is 2. The Labute approximate surface area is 153 Å². The first kappa shape index (κ1) is 15.9. The van der Waals surface area contributed by atoms with Crippen molar-refractivity contribution in [1.82, 2.24) is 4.98 Å². The zero-order chi connectivity index (χ0) is 17.4. The van der Waals surface area contributed by atoms with Crippen molar-refractivity contribution in [3.05, 3.63) is 64.6 Å². The summed E-state index contributed by atoms with van der Waals surface area (Å²) in [7, 11) is 1.62. The predicted molar refractivity (Wildman–Crippen MR) is 103 cm³/mol. The number of hydrogen-bond acceptors (Lipinski definition) is 4. The quantitative estimate of drug-likeness (QED) is 0.529. The maximum atomic E-state index is 12.6. The number of carbonyl (C=O) groups excluding carboxylic acids is 1. The predicted octanol–water partition coefficient (Wildman–Crippen LogP) is 5.36. The van der Waals surface area contributed by atoms with E-state index in [-0.39, 0.29) is 5.91 Å². The minimum absolute atomic E-state index is 0.235. The average molecular weight is 369 g/mol. The summed E-state index contributed by atoms with van der Waals surface area (Å²) in [5.74, 6) is 0.509. The van der Waals surface area contributed by atoms with Crippen molar-refractivity contribution < 1.29 is 9.53 Å². The molecule has 0 aliphatic carbocycles. The Balaban J connectivity index is 1.65. The van der Waals surface area contributed by atoms with Gasteiger partial charge in [-0.1, -0.05) is 29.8 Å². The van der Waals surface area contributed by atoms with Crippen molar-refractivity contribution in [3.8, 4) is 5.75 Å². The third-order valence-corrected chi connectivity index (χ3v) is 5.56. The summed E-state index contributed by atoms with van der Waals surface area (Å²) < 4.78 is 6.18. The Hall–Kier alpha value is -2.63. The lowest BCUT2D eigenvalue weighted by Gasteiger charge is -2.06. The van der Waals surface area contributed by atoms with Crippen LogP contribution in [-0.4, -0.2) is 18.0 Å². The number of rotatable bonds is 3. The minimum atomic E-state index is -0.235. The molecule has 4 aromatic rings. The van der Waals surface area contributed by atoms with Gasteiger partial charge in [0.1, 0.15) is 10.6 Å². The van der Waals surface area contributed by atoms with Gasteiger partial charge in [-0.25, -0.2) is 0 Å². The van der Waals surface area contributed by atoms with Gasteiger partial charge in [0.15, 0.2) is 0 Å². The molecule has 0 radical (unpaired) electrons. The summed E-state index contributed by atoms with van der Waals surface area (Å²) in [4.78, 5) is 17.5. The molecule has 0 atom stereocenters. The fraction of sp³-hybridized carbons (Fsp3) is 0.0526. The van der Waals surface area contributed by atoms with E-state index in [0.717, 1.165) is 26.7 Å². The van der Waals surface area contributed by atoms with Gasteiger partial charge in [0.2, 0.25) is 0 Å². The summed E-state index contributed by atoms with van der Waals surface area (Å²) in [6, 6.07) is 15.2. The topological polar surface area (TPSA) is 51.2 Å². The minimum Gasteiger partial charge on any atom is -0.497 e. The number of halogens is 1. The molecule has 0 bridgehead atoms. The van der Waals surface area contributed by atoms with Crippen molar-refractivity contribution in [2.75, 3.05) is 12.4 Å². The molecule has 4 nitrogen and oxygen atoms in total. The number of anilines is 1. The van der Waals surface area contributed by atoms with E-state index in [1.54, 1.807) is 13.3 Å². The number of aromatic nitrogens is 1. The van der Waals surface area contributed by atoms with Crippen molar-refractivity contribution >= 4 is 55.5 Å². The van der Waals surface area contributed by atoms with Gasteiger partial charge in [-0.3, -0.25) is 9.78 Å². The molecule has 0 unspecified atom stereocenters. The number of nitrogens with one attached hydrogen (secondary N) is 1. The molecule has 0 aliphatic rings. The molecule has 0 fully saturated rings. The molecule has 25 heavy (non-hydrogen) atoms. The van der Waals surface area contributed by atoms with E-state index >= 15 is 0 Å². The number of amides is 1. The van der Waals surface area contributed by atoms with Crippen LogP contribution in [0, 0.1) is 0 Å². The molecule has 0 spiro atoms. The van der Waals surface area contributed by atoms with Crippen molar-refractivity contribution in [2.24, 2.45) is 0 Å². The second-order valence-corrected chi connectivity index (χ2v) is 6.91. The van der Waals surface area contributed by atoms with Crippen LogP contribution in [-0.2, 0) is 0 Å². The van der Waals surface area contributed by atoms with Gasteiger partial charge in [0.05, 0.1) is 29.5 Å². The number of fused-ring (bicyclic) bond motifs is 2. The summed E-state index contributed by atoms with van der Waals surface area (Å²) in [5.41, 5.74) is 1.42. The fourth-order valence-corrected chi connectivity index (χ4v) is 4.06. The Kier molecular flexibility index (Phi) is 4.03. The summed E-state index contributed by atoms with van der Waals surface area (Å²) in [5, 5.41) is 5.17. The zero-order valence-corrected chi connectivity index (χ0v) is 14.8. The third kappa shape index (κ3) is 2.92. The first-order chi connectivity index (χ1) is 12.2. The number of thiophene rings is 1. The van der Waals surface area contributed by atoms with Gasteiger partial charge < -0.3 is 10.1 Å². The molecule has 0 saturated heterocycles. The molecule has 0 saturated carbocycles. The maximum absolute atomic E-state index is 12.6.